The predicted octanol–water partition coefficient (Wildman–Crippen LogP) is -2.51. The molecule has 3 aromatic rings. The number of nitrogens with one attached hydrogen (secondary N) is 1. The molecule has 2 N–H and O–H groups in total. The van der Waals surface area contributed by atoms with Crippen molar-refractivity contribution in [3.8, 4) is 5.82 Å². The molecule has 7 nitrogen and oxygen atoms in total. The van der Waals surface area contributed by atoms with Crippen LogP contribution in [-0.2, 0) is 6.61 Å². The van der Waals surface area contributed by atoms with Gasteiger partial charge in [0.15, 0.2) is 0 Å². The van der Waals surface area contributed by atoms with E-state index in [0.29, 0.717) is 27.6 Å². The second-order valence-electron chi connectivity index (χ2n) is 3.31. The molecule has 18 heavy (non-hydrogen) atoms. The molecule has 0 aromatic carbocycles. The summed E-state index contributed by atoms with van der Waals surface area (Å²) in [6, 6.07) is 0. The van der Waals surface area contributed by atoms with Crippen molar-refractivity contribution in [2.24, 2.45) is 0 Å². The van der Waals surface area contributed by atoms with Gasteiger partial charge in [-0.3, -0.25) is 4.68 Å². The van der Waals surface area contributed by atoms with Crippen LogP contribution in [0.5, 0.6) is 0 Å². The fraction of sp³-hybridized carbons (Fsp3) is 0.111. The van der Waals surface area contributed by atoms with Crippen LogP contribution in [0.2, 0.25) is 5.02 Å². The van der Waals surface area contributed by atoms with Crippen molar-refractivity contribution in [3.05, 3.63) is 29.4 Å². The van der Waals surface area contributed by atoms with Gasteiger partial charge in [0.2, 0.25) is 0 Å². The van der Waals surface area contributed by atoms with Crippen molar-refractivity contribution in [2.75, 3.05) is 0 Å². The van der Waals surface area contributed by atoms with Crippen LogP contribution >= 0.6 is 11.6 Å². The minimum Gasteiger partial charge on any atom is -0.390 e. The summed E-state index contributed by atoms with van der Waals surface area (Å²) in [6.45, 7) is -0.227. The van der Waals surface area contributed by atoms with Crippen LogP contribution in [0.1, 0.15) is 5.69 Å². The maximum atomic E-state index is 9.03. The number of hydrogen-bond acceptors (Lipinski definition) is 5. The summed E-state index contributed by atoms with van der Waals surface area (Å²) >= 11 is 5.90. The molecule has 3 rings (SSSR count). The third-order valence-corrected chi connectivity index (χ3v) is 2.60. The van der Waals surface area contributed by atoms with E-state index in [0.717, 1.165) is 0 Å². The average molecular weight is 289 g/mol. The quantitative estimate of drug-likeness (QED) is 0.401. The molecule has 3 heterocycles. The van der Waals surface area contributed by atoms with E-state index in [4.69, 9.17) is 16.7 Å². The molecule has 0 saturated heterocycles. The Morgan fingerprint density at radius 1 is 1.44 bits per heavy atom. The van der Waals surface area contributed by atoms with E-state index in [1.165, 1.54) is 4.68 Å². The summed E-state index contributed by atoms with van der Waals surface area (Å²) in [4.78, 5) is 7.90. The van der Waals surface area contributed by atoms with E-state index in [1.54, 1.807) is 12.4 Å². The van der Waals surface area contributed by atoms with Crippen molar-refractivity contribution < 1.29 is 56.5 Å². The minimum absolute atomic E-state index is 0. The Hall–Kier alpha value is -0.354. The molecule has 0 aliphatic heterocycles. The maximum Gasteiger partial charge on any atom is 1.00 e. The second kappa shape index (κ2) is 5.74. The van der Waals surface area contributed by atoms with Gasteiger partial charge < -0.3 is 20.2 Å². The third-order valence-electron chi connectivity index (χ3n) is 2.28. The molecule has 3 aromatic heterocycles. The van der Waals surface area contributed by atoms with Crippen molar-refractivity contribution in [2.45, 2.75) is 6.61 Å². The number of rotatable bonds is 2. The Kier molecular flexibility index (Phi) is 4.48. The van der Waals surface area contributed by atoms with Crippen LogP contribution in [0.15, 0.2) is 12.4 Å². The summed E-state index contributed by atoms with van der Waals surface area (Å²) in [5, 5.41) is 20.8. The Morgan fingerprint density at radius 3 is 3.00 bits per heavy atom. The summed E-state index contributed by atoms with van der Waals surface area (Å²) in [6.07, 6.45) is 5.65. The number of aliphatic hydroxyl groups excluding tert-OH is 1. The molecule has 0 aliphatic carbocycles. The predicted molar refractivity (Wildman–Crippen MR) is 58.6 cm³/mol. The number of nitrogens with zero attached hydrogens (tertiary/aromatic N) is 5. The molecule has 0 unspecified atom stereocenters. The van der Waals surface area contributed by atoms with E-state index >= 15 is 0 Å². The summed E-state index contributed by atoms with van der Waals surface area (Å²) < 4.78 is 1.46. The smallest absolute Gasteiger partial charge is 0.390 e. The standard InChI is InChI=1S/C9H6ClN6O.K/c10-6-2-16(15-7(6)3-17)9-5-1-13-14-8(5)11-4-12-9;/h1-2,17H,3H2,(H,11,12,13,14);/q-1;+1. The van der Waals surface area contributed by atoms with E-state index in [2.05, 4.69) is 31.6 Å². The van der Waals surface area contributed by atoms with Crippen LogP contribution < -0.4 is 51.4 Å². The van der Waals surface area contributed by atoms with Gasteiger partial charge in [-0.05, 0) is 5.39 Å². The van der Waals surface area contributed by atoms with Crippen molar-refractivity contribution in [3.63, 3.8) is 0 Å². The first-order valence-corrected chi connectivity index (χ1v) is 5.10. The number of aromatic amines is 1. The van der Waals surface area contributed by atoms with Crippen molar-refractivity contribution in [1.82, 2.24) is 29.9 Å². The first-order chi connectivity index (χ1) is 8.29. The molecule has 0 spiro atoms. The zero-order valence-corrected chi connectivity index (χ0v) is 13.3. The van der Waals surface area contributed by atoms with E-state index in [1.807, 2.05) is 0 Å². The monoisotopic (exact) mass is 288 g/mol. The largest absolute Gasteiger partial charge is 1.00 e. The van der Waals surface area contributed by atoms with Gasteiger partial charge in [0.25, 0.3) is 0 Å². The number of H-pyrrole nitrogens is 1. The number of hydrogen-bond donors (Lipinski definition) is 2. The molecule has 0 bridgehead atoms. The first kappa shape index (κ1) is 14.1. The van der Waals surface area contributed by atoms with Gasteiger partial charge in [-0.1, -0.05) is 11.6 Å². The summed E-state index contributed by atoms with van der Waals surface area (Å²) in [5.74, 6) is 0.505. The fourth-order valence-corrected chi connectivity index (χ4v) is 1.68. The SMILES string of the molecule is OCc1nn(-c2n[c-]nc3[nH]ncc23)cc1Cl.[K+]. The number of aliphatic hydroxyl groups is 1. The topological polar surface area (TPSA) is 92.5 Å². The van der Waals surface area contributed by atoms with E-state index in [-0.39, 0.29) is 58.0 Å². The number of halogens is 1. The molecule has 0 saturated carbocycles. The van der Waals surface area contributed by atoms with Crippen molar-refractivity contribution in [1.29, 1.82) is 0 Å². The van der Waals surface area contributed by atoms with Gasteiger partial charge >= 0.3 is 51.4 Å². The Labute approximate surface area is 149 Å². The second-order valence-corrected chi connectivity index (χ2v) is 3.71. The van der Waals surface area contributed by atoms with Gasteiger partial charge in [-0.2, -0.15) is 10.2 Å². The van der Waals surface area contributed by atoms with E-state index < -0.39 is 0 Å². The van der Waals surface area contributed by atoms with Crippen LogP contribution in [0.4, 0.5) is 0 Å². The number of fused-ring (bicyclic) bond motifs is 1. The van der Waals surface area contributed by atoms with Crippen LogP contribution in [0.3, 0.4) is 0 Å². The third kappa shape index (κ3) is 2.37. The molecule has 86 valence electrons. The summed E-state index contributed by atoms with van der Waals surface area (Å²) in [7, 11) is 0. The normalized spacial score (nSPS) is 10.6. The first-order valence-electron chi connectivity index (χ1n) is 4.72. The molecule has 0 radical (unpaired) electrons. The van der Waals surface area contributed by atoms with Gasteiger partial charge in [-0.25, -0.2) is 0 Å². The Balaban J connectivity index is 0.00000120. The number of aromatic nitrogens is 6. The zero-order chi connectivity index (χ0) is 11.8. The molecule has 0 atom stereocenters. The molecule has 0 fully saturated rings. The molecule has 0 amide bonds. The molecular formula is C9H6ClKN6O. The van der Waals surface area contributed by atoms with Gasteiger partial charge in [0.05, 0.1) is 17.4 Å². The fourth-order valence-electron chi connectivity index (χ4n) is 1.49. The van der Waals surface area contributed by atoms with Crippen molar-refractivity contribution >= 4 is 22.6 Å². The molecular weight excluding hydrogens is 283 g/mol. The zero-order valence-electron chi connectivity index (χ0n) is 9.42. The van der Waals surface area contributed by atoms with Gasteiger partial charge in [-0.15, -0.1) is 0 Å². The van der Waals surface area contributed by atoms with Crippen LogP contribution in [0, 0.1) is 6.33 Å². The Bertz CT molecular complexity index is 681. The van der Waals surface area contributed by atoms with Gasteiger partial charge in [0.1, 0.15) is 5.69 Å². The maximum absolute atomic E-state index is 9.03. The minimum atomic E-state index is -0.227. The van der Waals surface area contributed by atoms with Gasteiger partial charge in [0, 0.05) is 24.4 Å². The van der Waals surface area contributed by atoms with Crippen LogP contribution in [0.25, 0.3) is 16.9 Å². The van der Waals surface area contributed by atoms with Crippen LogP contribution in [-0.4, -0.2) is 35.1 Å². The average Bonchev–Trinajstić information content (AvgIpc) is 2.94. The Morgan fingerprint density at radius 2 is 2.28 bits per heavy atom. The molecule has 9 heteroatoms. The summed E-state index contributed by atoms with van der Waals surface area (Å²) in [5.41, 5.74) is 0.953. The molecule has 0 aliphatic rings. The van der Waals surface area contributed by atoms with E-state index in [9.17, 15) is 0 Å².